The number of nitrogens with two attached hydrogens (primary N) is 1. The Bertz CT molecular complexity index is 476. The van der Waals surface area contributed by atoms with Crippen LogP contribution in [0.5, 0.6) is 0 Å². The summed E-state index contributed by atoms with van der Waals surface area (Å²) < 4.78 is 20.3. The first kappa shape index (κ1) is 13.8. The summed E-state index contributed by atoms with van der Waals surface area (Å²) in [5.41, 5.74) is 7.37. The predicted octanol–water partition coefficient (Wildman–Crippen LogP) is 2.99. The molecule has 1 heterocycles. The van der Waals surface area contributed by atoms with Gasteiger partial charge in [-0.3, -0.25) is 0 Å². The maximum atomic E-state index is 14.4. The smallest absolute Gasteiger partial charge is 0.146 e. The first-order valence-electron chi connectivity index (χ1n) is 7.60. The Balaban J connectivity index is 1.87. The SMILES string of the molecule is C[C@@H](N)c1ccc(N2CCOC3CCCCC32)c(F)c1. The number of fused-ring (bicyclic) bond motifs is 1. The van der Waals surface area contributed by atoms with Crippen LogP contribution in [0, 0.1) is 5.82 Å². The first-order valence-corrected chi connectivity index (χ1v) is 7.60. The number of hydrogen-bond donors (Lipinski definition) is 1. The Labute approximate surface area is 119 Å². The number of benzene rings is 1. The molecule has 1 aromatic rings. The summed E-state index contributed by atoms with van der Waals surface area (Å²) in [6.07, 6.45) is 4.90. The fourth-order valence-electron chi connectivity index (χ4n) is 3.43. The summed E-state index contributed by atoms with van der Waals surface area (Å²) in [5, 5.41) is 0. The van der Waals surface area contributed by atoms with E-state index in [-0.39, 0.29) is 18.0 Å². The van der Waals surface area contributed by atoms with Crippen molar-refractivity contribution in [2.75, 3.05) is 18.1 Å². The molecule has 20 heavy (non-hydrogen) atoms. The lowest BCUT2D eigenvalue weighted by Crippen LogP contribution is -2.53. The van der Waals surface area contributed by atoms with Gasteiger partial charge in [0, 0.05) is 12.6 Å². The molecule has 0 amide bonds. The van der Waals surface area contributed by atoms with Gasteiger partial charge < -0.3 is 15.4 Å². The number of hydrogen-bond acceptors (Lipinski definition) is 3. The van der Waals surface area contributed by atoms with E-state index in [1.54, 1.807) is 6.07 Å². The number of halogens is 1. The molecule has 2 N–H and O–H groups in total. The third-order valence-electron chi connectivity index (χ3n) is 4.54. The Morgan fingerprint density at radius 1 is 1.35 bits per heavy atom. The zero-order chi connectivity index (χ0) is 14.1. The van der Waals surface area contributed by atoms with Crippen LogP contribution in [0.2, 0.25) is 0 Å². The molecule has 2 aliphatic rings. The lowest BCUT2D eigenvalue weighted by molar-refractivity contribution is -0.00891. The van der Waals surface area contributed by atoms with Gasteiger partial charge in [-0.15, -0.1) is 0 Å². The summed E-state index contributed by atoms with van der Waals surface area (Å²) in [7, 11) is 0. The second-order valence-electron chi connectivity index (χ2n) is 5.95. The summed E-state index contributed by atoms with van der Waals surface area (Å²) >= 11 is 0. The average Bonchev–Trinajstić information content (AvgIpc) is 2.46. The minimum absolute atomic E-state index is 0.134. The predicted molar refractivity (Wildman–Crippen MR) is 78.3 cm³/mol. The van der Waals surface area contributed by atoms with E-state index in [9.17, 15) is 4.39 Å². The molecule has 1 aromatic carbocycles. The third-order valence-corrected chi connectivity index (χ3v) is 4.54. The number of anilines is 1. The van der Waals surface area contributed by atoms with Gasteiger partial charge in [0.1, 0.15) is 5.82 Å². The molecule has 1 aliphatic heterocycles. The second-order valence-corrected chi connectivity index (χ2v) is 5.95. The van der Waals surface area contributed by atoms with Crippen molar-refractivity contribution in [3.63, 3.8) is 0 Å². The number of nitrogens with zero attached hydrogens (tertiary/aromatic N) is 1. The van der Waals surface area contributed by atoms with Gasteiger partial charge in [0.25, 0.3) is 0 Å². The molecule has 3 rings (SSSR count). The van der Waals surface area contributed by atoms with Crippen LogP contribution < -0.4 is 10.6 Å². The van der Waals surface area contributed by atoms with Gasteiger partial charge in [0.05, 0.1) is 24.4 Å². The molecule has 1 aliphatic carbocycles. The second kappa shape index (κ2) is 5.70. The van der Waals surface area contributed by atoms with Crippen molar-refractivity contribution in [1.29, 1.82) is 0 Å². The Morgan fingerprint density at radius 2 is 2.15 bits per heavy atom. The Morgan fingerprint density at radius 3 is 2.90 bits per heavy atom. The van der Waals surface area contributed by atoms with Gasteiger partial charge in [-0.2, -0.15) is 0 Å². The molecule has 0 radical (unpaired) electrons. The van der Waals surface area contributed by atoms with Gasteiger partial charge in [-0.05, 0) is 37.5 Å². The molecular formula is C16H23FN2O. The molecule has 2 fully saturated rings. The van der Waals surface area contributed by atoms with Crippen molar-refractivity contribution in [2.24, 2.45) is 5.73 Å². The van der Waals surface area contributed by atoms with Crippen LogP contribution in [0.1, 0.15) is 44.2 Å². The van der Waals surface area contributed by atoms with Crippen LogP contribution in [-0.4, -0.2) is 25.3 Å². The van der Waals surface area contributed by atoms with E-state index in [4.69, 9.17) is 10.5 Å². The largest absolute Gasteiger partial charge is 0.374 e. The van der Waals surface area contributed by atoms with E-state index < -0.39 is 0 Å². The average molecular weight is 278 g/mol. The van der Waals surface area contributed by atoms with Crippen LogP contribution in [0.3, 0.4) is 0 Å². The number of rotatable bonds is 2. The summed E-state index contributed by atoms with van der Waals surface area (Å²) in [6.45, 7) is 3.34. The quantitative estimate of drug-likeness (QED) is 0.904. The van der Waals surface area contributed by atoms with Crippen molar-refractivity contribution in [1.82, 2.24) is 0 Å². The maximum absolute atomic E-state index is 14.4. The number of ether oxygens (including phenoxy) is 1. The Kier molecular flexibility index (Phi) is 3.94. The van der Waals surface area contributed by atoms with Crippen LogP contribution in [0.25, 0.3) is 0 Å². The van der Waals surface area contributed by atoms with E-state index >= 15 is 0 Å². The minimum atomic E-state index is -0.161. The van der Waals surface area contributed by atoms with Crippen molar-refractivity contribution < 1.29 is 9.13 Å². The van der Waals surface area contributed by atoms with Gasteiger partial charge in [0.2, 0.25) is 0 Å². The zero-order valence-corrected chi connectivity index (χ0v) is 12.0. The fraction of sp³-hybridized carbons (Fsp3) is 0.625. The van der Waals surface area contributed by atoms with Crippen LogP contribution in [0.15, 0.2) is 18.2 Å². The highest BCUT2D eigenvalue weighted by Crippen LogP contribution is 2.33. The van der Waals surface area contributed by atoms with Crippen molar-refractivity contribution in [3.8, 4) is 0 Å². The molecule has 0 bridgehead atoms. The third kappa shape index (κ3) is 2.54. The minimum Gasteiger partial charge on any atom is -0.374 e. The molecule has 110 valence electrons. The number of morpholine rings is 1. The van der Waals surface area contributed by atoms with E-state index in [0.717, 1.165) is 24.9 Å². The molecule has 0 aromatic heterocycles. The van der Waals surface area contributed by atoms with E-state index in [0.29, 0.717) is 18.3 Å². The van der Waals surface area contributed by atoms with Crippen LogP contribution >= 0.6 is 0 Å². The lowest BCUT2D eigenvalue weighted by Gasteiger charge is -2.45. The zero-order valence-electron chi connectivity index (χ0n) is 12.0. The topological polar surface area (TPSA) is 38.5 Å². The normalized spacial score (nSPS) is 28.1. The van der Waals surface area contributed by atoms with Crippen molar-refractivity contribution >= 4 is 5.69 Å². The van der Waals surface area contributed by atoms with Crippen molar-refractivity contribution in [2.45, 2.75) is 50.8 Å². The monoisotopic (exact) mass is 278 g/mol. The molecular weight excluding hydrogens is 255 g/mol. The summed E-state index contributed by atoms with van der Waals surface area (Å²) in [6, 6.07) is 5.59. The van der Waals surface area contributed by atoms with Gasteiger partial charge >= 0.3 is 0 Å². The maximum Gasteiger partial charge on any atom is 0.146 e. The standard InChI is InChI=1S/C16H23FN2O/c1-11(18)12-6-7-14(13(17)10-12)19-8-9-20-16-5-3-2-4-15(16)19/h6-7,10-11,15-16H,2-5,8-9,18H2,1H3/t11-,15?,16?/m1/s1. The van der Waals surface area contributed by atoms with Crippen LogP contribution in [0.4, 0.5) is 10.1 Å². The summed E-state index contributed by atoms with van der Waals surface area (Å²) in [4.78, 5) is 2.20. The molecule has 0 spiro atoms. The summed E-state index contributed by atoms with van der Waals surface area (Å²) in [5.74, 6) is -0.161. The molecule has 3 atom stereocenters. The van der Waals surface area contributed by atoms with Gasteiger partial charge in [-0.1, -0.05) is 18.9 Å². The van der Waals surface area contributed by atoms with Crippen LogP contribution in [-0.2, 0) is 4.74 Å². The molecule has 4 heteroatoms. The lowest BCUT2D eigenvalue weighted by atomic mass is 9.89. The molecule has 1 saturated heterocycles. The van der Waals surface area contributed by atoms with E-state index in [1.807, 2.05) is 19.1 Å². The highest BCUT2D eigenvalue weighted by molar-refractivity contribution is 5.51. The molecule has 3 nitrogen and oxygen atoms in total. The highest BCUT2D eigenvalue weighted by atomic mass is 19.1. The molecule has 1 saturated carbocycles. The molecule has 2 unspecified atom stereocenters. The fourth-order valence-corrected chi connectivity index (χ4v) is 3.43. The van der Waals surface area contributed by atoms with Crippen molar-refractivity contribution in [3.05, 3.63) is 29.6 Å². The Hall–Kier alpha value is -1.13. The highest BCUT2D eigenvalue weighted by Gasteiger charge is 2.35. The van der Waals surface area contributed by atoms with Gasteiger partial charge in [0.15, 0.2) is 0 Å². The van der Waals surface area contributed by atoms with E-state index in [1.165, 1.54) is 12.8 Å². The van der Waals surface area contributed by atoms with Gasteiger partial charge in [-0.25, -0.2) is 4.39 Å². The van der Waals surface area contributed by atoms with E-state index in [2.05, 4.69) is 4.90 Å². The first-order chi connectivity index (χ1) is 9.66.